The van der Waals surface area contributed by atoms with Crippen LogP contribution in [0.4, 0.5) is 13.2 Å². The molecule has 0 bridgehead atoms. The molecule has 0 amide bonds. The Hall–Kier alpha value is -0.550. The zero-order valence-corrected chi connectivity index (χ0v) is 10.4. The fourth-order valence-corrected chi connectivity index (χ4v) is 1.63. The zero-order valence-electron chi connectivity index (χ0n) is 8.81. The van der Waals surface area contributed by atoms with E-state index in [4.69, 9.17) is 0 Å². The maximum absolute atomic E-state index is 12.8. The first-order chi connectivity index (χ1) is 7.45. The first-order valence-electron chi connectivity index (χ1n) is 5.00. The maximum atomic E-state index is 12.8. The minimum absolute atomic E-state index is 0.240. The molecule has 0 spiro atoms. The molecule has 1 unspecified atom stereocenters. The Balaban J connectivity index is 2.88. The smallest absolute Gasteiger partial charge is 0.302 e. The number of rotatable bonds is 4. The van der Waals surface area contributed by atoms with E-state index in [0.717, 1.165) is 4.47 Å². The van der Waals surface area contributed by atoms with E-state index in [1.807, 2.05) is 6.92 Å². The highest BCUT2D eigenvalue weighted by Gasteiger charge is 2.40. The lowest BCUT2D eigenvalue weighted by atomic mass is 10.1. The molecule has 1 atom stereocenters. The van der Waals surface area contributed by atoms with Gasteiger partial charge in [-0.3, -0.25) is 0 Å². The van der Waals surface area contributed by atoms with Crippen LogP contribution >= 0.6 is 15.9 Å². The van der Waals surface area contributed by atoms with Gasteiger partial charge in [0.1, 0.15) is 6.04 Å². The van der Waals surface area contributed by atoms with Crippen LogP contribution in [0.5, 0.6) is 0 Å². The Labute approximate surface area is 101 Å². The summed E-state index contributed by atoms with van der Waals surface area (Å²) in [7, 11) is 0. The molecular weight excluding hydrogens is 283 g/mol. The quantitative estimate of drug-likeness (QED) is 0.883. The summed E-state index contributed by atoms with van der Waals surface area (Å²) in [6.45, 7) is 2.18. The zero-order chi connectivity index (χ0) is 12.2. The van der Waals surface area contributed by atoms with Crippen molar-refractivity contribution in [3.05, 3.63) is 34.3 Å². The van der Waals surface area contributed by atoms with E-state index in [9.17, 15) is 13.2 Å². The van der Waals surface area contributed by atoms with Crippen LogP contribution in [-0.2, 0) is 0 Å². The molecule has 16 heavy (non-hydrogen) atoms. The standard InChI is InChI=1S/C11H13BrF3N/c1-2-7-16-10(11(13,14)15)8-3-5-9(12)6-4-8/h3-6,10,16H,2,7H2,1H3. The Bertz CT molecular complexity index is 321. The van der Waals surface area contributed by atoms with Crippen LogP contribution in [0, 0.1) is 0 Å². The van der Waals surface area contributed by atoms with E-state index in [0.29, 0.717) is 13.0 Å². The molecule has 0 aliphatic heterocycles. The van der Waals surface area contributed by atoms with Crippen LogP contribution < -0.4 is 5.32 Å². The van der Waals surface area contributed by atoms with Crippen molar-refractivity contribution in [2.24, 2.45) is 0 Å². The van der Waals surface area contributed by atoms with E-state index in [-0.39, 0.29) is 5.56 Å². The Morgan fingerprint density at radius 3 is 2.25 bits per heavy atom. The van der Waals surface area contributed by atoms with Gasteiger partial charge in [-0.05, 0) is 30.7 Å². The highest BCUT2D eigenvalue weighted by Crippen LogP contribution is 2.33. The van der Waals surface area contributed by atoms with Gasteiger partial charge in [0.15, 0.2) is 0 Å². The molecule has 1 nitrogen and oxygen atoms in total. The van der Waals surface area contributed by atoms with Gasteiger partial charge >= 0.3 is 6.18 Å². The van der Waals surface area contributed by atoms with Crippen molar-refractivity contribution in [3.63, 3.8) is 0 Å². The SMILES string of the molecule is CCCNC(c1ccc(Br)cc1)C(F)(F)F. The molecule has 0 saturated carbocycles. The van der Waals surface area contributed by atoms with E-state index in [1.165, 1.54) is 12.1 Å². The van der Waals surface area contributed by atoms with Crippen LogP contribution in [-0.4, -0.2) is 12.7 Å². The molecule has 0 heterocycles. The maximum Gasteiger partial charge on any atom is 0.407 e. The topological polar surface area (TPSA) is 12.0 Å². The van der Waals surface area contributed by atoms with E-state index in [2.05, 4.69) is 21.2 Å². The number of alkyl halides is 3. The predicted octanol–water partition coefficient (Wildman–Crippen LogP) is 4.05. The molecule has 90 valence electrons. The monoisotopic (exact) mass is 295 g/mol. The van der Waals surface area contributed by atoms with E-state index in [1.54, 1.807) is 12.1 Å². The molecule has 0 radical (unpaired) electrons. The summed E-state index contributed by atoms with van der Waals surface area (Å²) in [4.78, 5) is 0. The minimum atomic E-state index is -4.26. The van der Waals surface area contributed by atoms with Gasteiger partial charge < -0.3 is 5.32 Å². The average molecular weight is 296 g/mol. The molecule has 1 aromatic rings. The molecule has 0 saturated heterocycles. The lowest BCUT2D eigenvalue weighted by Gasteiger charge is -2.21. The summed E-state index contributed by atoms with van der Waals surface area (Å²) in [6.07, 6.45) is -3.59. The van der Waals surface area contributed by atoms with Gasteiger partial charge in [0, 0.05) is 4.47 Å². The summed E-state index contributed by atoms with van der Waals surface area (Å²) >= 11 is 3.20. The second-order valence-electron chi connectivity index (χ2n) is 3.48. The van der Waals surface area contributed by atoms with E-state index < -0.39 is 12.2 Å². The predicted molar refractivity (Wildman–Crippen MR) is 61.2 cm³/mol. The van der Waals surface area contributed by atoms with Gasteiger partial charge in [-0.15, -0.1) is 0 Å². The number of hydrogen-bond donors (Lipinski definition) is 1. The molecule has 0 aliphatic carbocycles. The van der Waals surface area contributed by atoms with Gasteiger partial charge in [0.05, 0.1) is 0 Å². The molecule has 0 aromatic heterocycles. The Kier molecular flexibility index (Phi) is 4.80. The molecule has 0 fully saturated rings. The lowest BCUT2D eigenvalue weighted by Crippen LogP contribution is -2.34. The van der Waals surface area contributed by atoms with Crippen molar-refractivity contribution in [2.75, 3.05) is 6.54 Å². The largest absolute Gasteiger partial charge is 0.407 e. The number of hydrogen-bond acceptors (Lipinski definition) is 1. The fourth-order valence-electron chi connectivity index (χ4n) is 1.37. The summed E-state index contributed by atoms with van der Waals surface area (Å²) in [6, 6.07) is 4.60. The molecule has 5 heteroatoms. The first-order valence-corrected chi connectivity index (χ1v) is 5.80. The molecule has 1 rings (SSSR count). The lowest BCUT2D eigenvalue weighted by molar-refractivity contribution is -0.157. The van der Waals surface area contributed by atoms with Crippen molar-refractivity contribution in [1.29, 1.82) is 0 Å². The summed E-state index contributed by atoms with van der Waals surface area (Å²) in [5.74, 6) is 0. The summed E-state index contributed by atoms with van der Waals surface area (Å²) in [5, 5.41) is 2.50. The van der Waals surface area contributed by atoms with Crippen LogP contribution in [0.15, 0.2) is 28.7 Å². The first kappa shape index (κ1) is 13.5. The van der Waals surface area contributed by atoms with Crippen molar-refractivity contribution in [1.82, 2.24) is 5.32 Å². The number of halogens is 4. The number of nitrogens with one attached hydrogen (secondary N) is 1. The van der Waals surface area contributed by atoms with Crippen molar-refractivity contribution in [2.45, 2.75) is 25.6 Å². The molecule has 1 aromatic carbocycles. The Morgan fingerprint density at radius 2 is 1.81 bits per heavy atom. The van der Waals surface area contributed by atoms with Crippen LogP contribution in [0.1, 0.15) is 24.9 Å². The Morgan fingerprint density at radius 1 is 1.25 bits per heavy atom. The molecule has 1 N–H and O–H groups in total. The van der Waals surface area contributed by atoms with Crippen molar-refractivity contribution in [3.8, 4) is 0 Å². The van der Waals surface area contributed by atoms with Crippen molar-refractivity contribution < 1.29 is 13.2 Å². The van der Waals surface area contributed by atoms with Gasteiger partial charge in [-0.2, -0.15) is 13.2 Å². The van der Waals surface area contributed by atoms with Crippen molar-refractivity contribution >= 4 is 15.9 Å². The fraction of sp³-hybridized carbons (Fsp3) is 0.455. The third kappa shape index (κ3) is 3.79. The molecule has 0 aliphatic rings. The minimum Gasteiger partial charge on any atom is -0.302 e. The van der Waals surface area contributed by atoms with Gasteiger partial charge in [-0.1, -0.05) is 35.0 Å². The van der Waals surface area contributed by atoms with Gasteiger partial charge in [0.2, 0.25) is 0 Å². The highest BCUT2D eigenvalue weighted by molar-refractivity contribution is 9.10. The summed E-state index contributed by atoms with van der Waals surface area (Å²) < 4.78 is 39.0. The second kappa shape index (κ2) is 5.68. The second-order valence-corrected chi connectivity index (χ2v) is 4.40. The van der Waals surface area contributed by atoms with Crippen LogP contribution in [0.25, 0.3) is 0 Å². The summed E-state index contributed by atoms with van der Waals surface area (Å²) in [5.41, 5.74) is 0.240. The molecular formula is C11H13BrF3N. The highest BCUT2D eigenvalue weighted by atomic mass is 79.9. The van der Waals surface area contributed by atoms with Gasteiger partial charge in [0.25, 0.3) is 0 Å². The third-order valence-electron chi connectivity index (χ3n) is 2.13. The average Bonchev–Trinajstić information content (AvgIpc) is 2.19. The van der Waals surface area contributed by atoms with Crippen LogP contribution in [0.3, 0.4) is 0 Å². The normalized spacial score (nSPS) is 13.8. The van der Waals surface area contributed by atoms with E-state index >= 15 is 0 Å². The van der Waals surface area contributed by atoms with Gasteiger partial charge in [-0.25, -0.2) is 0 Å². The number of benzene rings is 1. The third-order valence-corrected chi connectivity index (χ3v) is 2.66. The van der Waals surface area contributed by atoms with Crippen LogP contribution in [0.2, 0.25) is 0 Å².